The molecule has 0 saturated carbocycles. The van der Waals surface area contributed by atoms with Crippen molar-refractivity contribution in [1.82, 2.24) is 4.98 Å². The molecule has 0 saturated heterocycles. The van der Waals surface area contributed by atoms with Crippen molar-refractivity contribution >= 4 is 38.1 Å². The van der Waals surface area contributed by atoms with E-state index in [4.69, 9.17) is 5.26 Å². The third-order valence-corrected chi connectivity index (χ3v) is 3.31. The van der Waals surface area contributed by atoms with Crippen LogP contribution in [-0.4, -0.2) is 4.98 Å². The van der Waals surface area contributed by atoms with Gasteiger partial charge in [0.15, 0.2) is 5.13 Å². The van der Waals surface area contributed by atoms with Crippen molar-refractivity contribution in [2.75, 3.05) is 5.32 Å². The third-order valence-electron chi connectivity index (χ3n) is 1.84. The summed E-state index contributed by atoms with van der Waals surface area (Å²) >= 11 is 4.58. The number of hydrogen-bond acceptors (Lipinski definition) is 4. The highest BCUT2D eigenvalue weighted by atomic mass is 79.9. The minimum absolute atomic E-state index is 0.00572. The fraction of sp³-hybridized carbons (Fsp3) is 0. The molecule has 0 atom stereocenters. The summed E-state index contributed by atoms with van der Waals surface area (Å²) in [5, 5.41) is 14.1. The highest BCUT2D eigenvalue weighted by molar-refractivity contribution is 9.10. The first-order valence-electron chi connectivity index (χ1n) is 4.27. The highest BCUT2D eigenvalue weighted by Gasteiger charge is 2.09. The monoisotopic (exact) mass is 297 g/mol. The normalized spacial score (nSPS) is 9.81. The largest absolute Gasteiger partial charge is 0.330 e. The average Bonchev–Trinajstić information content (AvgIpc) is 2.64. The van der Waals surface area contributed by atoms with E-state index < -0.39 is 5.82 Å². The number of anilines is 2. The van der Waals surface area contributed by atoms with E-state index in [2.05, 4.69) is 26.2 Å². The lowest BCUT2D eigenvalue weighted by molar-refractivity contribution is 0.624. The minimum Gasteiger partial charge on any atom is -0.330 e. The third kappa shape index (κ3) is 2.21. The molecule has 0 aliphatic rings. The van der Waals surface area contributed by atoms with Crippen LogP contribution in [0.1, 0.15) is 5.56 Å². The molecule has 16 heavy (non-hydrogen) atoms. The first-order chi connectivity index (χ1) is 7.70. The van der Waals surface area contributed by atoms with Gasteiger partial charge in [-0.15, -0.1) is 11.3 Å². The summed E-state index contributed by atoms with van der Waals surface area (Å²) in [5.41, 5.74) is 0.415. The molecular formula is C10H5BrFN3S. The number of thiazole rings is 1. The van der Waals surface area contributed by atoms with Crippen molar-refractivity contribution in [3.05, 3.63) is 39.6 Å². The van der Waals surface area contributed by atoms with Gasteiger partial charge >= 0.3 is 0 Å². The van der Waals surface area contributed by atoms with Gasteiger partial charge in [0.05, 0.1) is 5.69 Å². The smallest absolute Gasteiger partial charge is 0.188 e. The summed E-state index contributed by atoms with van der Waals surface area (Å²) in [6.07, 6.45) is 0. The van der Waals surface area contributed by atoms with Crippen LogP contribution in [0.2, 0.25) is 0 Å². The molecule has 1 aromatic heterocycles. The van der Waals surface area contributed by atoms with Gasteiger partial charge in [0, 0.05) is 5.38 Å². The van der Waals surface area contributed by atoms with Crippen LogP contribution in [0.4, 0.5) is 15.2 Å². The predicted octanol–water partition coefficient (Wildman–Crippen LogP) is 3.66. The average molecular weight is 298 g/mol. The van der Waals surface area contributed by atoms with Crippen LogP contribution in [0.15, 0.2) is 28.2 Å². The molecule has 0 spiro atoms. The summed E-state index contributed by atoms with van der Waals surface area (Å²) in [5.74, 6) is -0.539. The quantitative estimate of drug-likeness (QED) is 0.920. The van der Waals surface area contributed by atoms with Gasteiger partial charge in [-0.05, 0) is 28.1 Å². The molecule has 0 fully saturated rings. The molecule has 0 aliphatic heterocycles. The fourth-order valence-electron chi connectivity index (χ4n) is 1.17. The van der Waals surface area contributed by atoms with Gasteiger partial charge in [-0.3, -0.25) is 0 Å². The Kier molecular flexibility index (Phi) is 3.17. The summed E-state index contributed by atoms with van der Waals surface area (Å²) in [6.45, 7) is 0. The van der Waals surface area contributed by atoms with Crippen LogP contribution in [0, 0.1) is 17.1 Å². The zero-order valence-corrected chi connectivity index (χ0v) is 10.3. The van der Waals surface area contributed by atoms with E-state index in [1.807, 2.05) is 6.07 Å². The molecule has 6 heteroatoms. The van der Waals surface area contributed by atoms with Crippen molar-refractivity contribution in [2.45, 2.75) is 0 Å². The molecule has 0 radical (unpaired) electrons. The number of benzene rings is 1. The van der Waals surface area contributed by atoms with E-state index in [0.717, 1.165) is 0 Å². The molecule has 3 nitrogen and oxygen atoms in total. The number of hydrogen-bond donors (Lipinski definition) is 1. The molecule has 1 aromatic carbocycles. The van der Waals surface area contributed by atoms with Crippen LogP contribution < -0.4 is 5.32 Å². The van der Waals surface area contributed by atoms with Gasteiger partial charge in [0.1, 0.15) is 22.1 Å². The van der Waals surface area contributed by atoms with E-state index in [0.29, 0.717) is 15.4 Å². The minimum atomic E-state index is -0.539. The molecular weight excluding hydrogens is 293 g/mol. The lowest BCUT2D eigenvalue weighted by Gasteiger charge is -2.04. The zero-order chi connectivity index (χ0) is 11.5. The first-order valence-corrected chi connectivity index (χ1v) is 5.94. The summed E-state index contributed by atoms with van der Waals surface area (Å²) < 4.78 is 14.0. The predicted molar refractivity (Wildman–Crippen MR) is 64.2 cm³/mol. The lowest BCUT2D eigenvalue weighted by atomic mass is 10.2. The number of nitrogens with one attached hydrogen (secondary N) is 1. The Morgan fingerprint density at radius 3 is 2.94 bits per heavy atom. The molecule has 1 N–H and O–H groups in total. The molecule has 80 valence electrons. The van der Waals surface area contributed by atoms with Crippen LogP contribution in [-0.2, 0) is 0 Å². The molecule has 0 bridgehead atoms. The molecule has 0 amide bonds. The number of halogens is 2. The maximum absolute atomic E-state index is 13.3. The molecule has 0 unspecified atom stereocenters. The van der Waals surface area contributed by atoms with Gasteiger partial charge < -0.3 is 5.32 Å². The SMILES string of the molecule is N#Cc1c(F)cccc1Nc1nc(Br)cs1. The Labute approximate surface area is 104 Å². The van der Waals surface area contributed by atoms with Gasteiger partial charge in [0.2, 0.25) is 0 Å². The zero-order valence-electron chi connectivity index (χ0n) is 7.87. The molecule has 1 heterocycles. The summed E-state index contributed by atoms with van der Waals surface area (Å²) in [6, 6.07) is 6.25. The van der Waals surface area contributed by atoms with Crippen LogP contribution in [0.25, 0.3) is 0 Å². The maximum Gasteiger partial charge on any atom is 0.188 e. The highest BCUT2D eigenvalue weighted by Crippen LogP contribution is 2.26. The van der Waals surface area contributed by atoms with Crippen molar-refractivity contribution in [2.24, 2.45) is 0 Å². The van der Waals surface area contributed by atoms with E-state index in [9.17, 15) is 4.39 Å². The van der Waals surface area contributed by atoms with E-state index in [1.165, 1.54) is 17.4 Å². The van der Waals surface area contributed by atoms with Gasteiger partial charge in [0.25, 0.3) is 0 Å². The second-order valence-electron chi connectivity index (χ2n) is 2.87. The van der Waals surface area contributed by atoms with E-state index in [-0.39, 0.29) is 5.56 Å². The molecule has 2 aromatic rings. The summed E-state index contributed by atoms with van der Waals surface area (Å²) in [4.78, 5) is 4.10. The van der Waals surface area contributed by atoms with Gasteiger partial charge in [-0.25, -0.2) is 9.37 Å². The Balaban J connectivity index is 2.35. The maximum atomic E-state index is 13.3. The van der Waals surface area contributed by atoms with E-state index in [1.54, 1.807) is 17.5 Å². The second-order valence-corrected chi connectivity index (χ2v) is 4.55. The van der Waals surface area contributed by atoms with E-state index >= 15 is 0 Å². The topological polar surface area (TPSA) is 48.7 Å². The Morgan fingerprint density at radius 1 is 1.50 bits per heavy atom. The number of rotatable bonds is 2. The summed E-state index contributed by atoms with van der Waals surface area (Å²) in [7, 11) is 0. The van der Waals surface area contributed by atoms with Crippen molar-refractivity contribution in [3.8, 4) is 6.07 Å². The van der Waals surface area contributed by atoms with Gasteiger partial charge in [-0.1, -0.05) is 6.07 Å². The fourth-order valence-corrected chi connectivity index (χ4v) is 2.33. The molecule has 0 aliphatic carbocycles. The second kappa shape index (κ2) is 4.60. The van der Waals surface area contributed by atoms with Crippen molar-refractivity contribution in [1.29, 1.82) is 5.26 Å². The molecule has 2 rings (SSSR count). The van der Waals surface area contributed by atoms with Crippen LogP contribution >= 0.6 is 27.3 Å². The van der Waals surface area contributed by atoms with Crippen molar-refractivity contribution < 1.29 is 4.39 Å². The van der Waals surface area contributed by atoms with Gasteiger partial charge in [-0.2, -0.15) is 5.26 Å². The Morgan fingerprint density at radius 2 is 2.31 bits per heavy atom. The number of aromatic nitrogens is 1. The first kappa shape index (κ1) is 11.0. The Bertz CT molecular complexity index is 561. The number of nitrogens with zero attached hydrogens (tertiary/aromatic N) is 2. The van der Waals surface area contributed by atoms with Crippen molar-refractivity contribution in [3.63, 3.8) is 0 Å². The van der Waals surface area contributed by atoms with Crippen LogP contribution in [0.5, 0.6) is 0 Å². The standard InChI is InChI=1S/C10H5BrFN3S/c11-9-5-16-10(15-9)14-8-3-1-2-7(12)6(8)4-13/h1-3,5H,(H,14,15). The van der Waals surface area contributed by atoms with Crippen LogP contribution in [0.3, 0.4) is 0 Å². The number of nitriles is 1. The lowest BCUT2D eigenvalue weighted by Crippen LogP contribution is -1.95. The Hall–Kier alpha value is -1.45.